The van der Waals surface area contributed by atoms with Crippen molar-refractivity contribution < 1.29 is 4.74 Å². The van der Waals surface area contributed by atoms with Gasteiger partial charge in [-0.1, -0.05) is 68.2 Å². The third kappa shape index (κ3) is 3.47. The number of rotatable bonds is 3. The topological polar surface area (TPSA) is 9.23 Å². The Morgan fingerprint density at radius 2 is 1.50 bits per heavy atom. The first kappa shape index (κ1) is 15.2. The number of halogens is 2. The van der Waals surface area contributed by atoms with Crippen molar-refractivity contribution in [1.29, 1.82) is 0 Å². The lowest BCUT2D eigenvalue weighted by Gasteiger charge is -2.23. The molecule has 0 spiro atoms. The summed E-state index contributed by atoms with van der Waals surface area (Å²) in [4.78, 5) is 0. The molecule has 2 aromatic rings. The van der Waals surface area contributed by atoms with Crippen molar-refractivity contribution in [2.75, 3.05) is 0 Å². The van der Waals surface area contributed by atoms with Crippen LogP contribution in [-0.2, 0) is 12.0 Å². The molecule has 20 heavy (non-hydrogen) atoms. The van der Waals surface area contributed by atoms with E-state index < -0.39 is 0 Å². The molecule has 0 heterocycles. The van der Waals surface area contributed by atoms with E-state index in [-0.39, 0.29) is 5.41 Å². The van der Waals surface area contributed by atoms with Crippen molar-refractivity contribution in [3.8, 4) is 5.75 Å². The van der Waals surface area contributed by atoms with Crippen LogP contribution < -0.4 is 4.74 Å². The van der Waals surface area contributed by atoms with Crippen LogP contribution in [0.5, 0.6) is 5.75 Å². The third-order valence-corrected chi connectivity index (χ3v) is 3.84. The number of para-hydroxylation sites is 1. The zero-order valence-corrected chi connectivity index (χ0v) is 13.4. The molecule has 3 heteroatoms. The molecule has 0 aliphatic carbocycles. The molecule has 0 amide bonds. The first-order valence-electron chi connectivity index (χ1n) is 6.55. The summed E-state index contributed by atoms with van der Waals surface area (Å²) >= 11 is 12.3. The molecule has 0 unspecified atom stereocenters. The molecule has 0 radical (unpaired) electrons. The molecular formula is C17H18Cl2O. The normalized spacial score (nSPS) is 11.4. The van der Waals surface area contributed by atoms with E-state index >= 15 is 0 Å². The van der Waals surface area contributed by atoms with Crippen molar-refractivity contribution in [2.45, 2.75) is 32.8 Å². The first-order valence-corrected chi connectivity index (χ1v) is 7.30. The van der Waals surface area contributed by atoms with Gasteiger partial charge in [0.2, 0.25) is 0 Å². The van der Waals surface area contributed by atoms with E-state index in [1.807, 2.05) is 36.4 Å². The Morgan fingerprint density at radius 1 is 0.900 bits per heavy atom. The average Bonchev–Trinajstić information content (AvgIpc) is 2.37. The Labute approximate surface area is 130 Å². The monoisotopic (exact) mass is 308 g/mol. The van der Waals surface area contributed by atoms with Crippen LogP contribution in [0.15, 0.2) is 42.5 Å². The van der Waals surface area contributed by atoms with Crippen molar-refractivity contribution >= 4 is 23.2 Å². The van der Waals surface area contributed by atoms with Gasteiger partial charge in [-0.25, -0.2) is 0 Å². The predicted molar refractivity (Wildman–Crippen MR) is 85.9 cm³/mol. The molecule has 0 aliphatic heterocycles. The van der Waals surface area contributed by atoms with Gasteiger partial charge in [-0.3, -0.25) is 0 Å². The average molecular weight is 309 g/mol. The summed E-state index contributed by atoms with van der Waals surface area (Å²) in [6, 6.07) is 13.5. The van der Waals surface area contributed by atoms with Crippen molar-refractivity contribution in [1.82, 2.24) is 0 Å². The van der Waals surface area contributed by atoms with E-state index in [9.17, 15) is 0 Å². The molecule has 0 saturated heterocycles. The second-order valence-corrected chi connectivity index (χ2v) is 6.55. The predicted octanol–water partition coefficient (Wildman–Crippen LogP) is 5.87. The summed E-state index contributed by atoms with van der Waals surface area (Å²) in [6.45, 7) is 6.86. The van der Waals surface area contributed by atoms with Gasteiger partial charge in [0.05, 0.1) is 0 Å². The van der Waals surface area contributed by atoms with Crippen LogP contribution in [0.3, 0.4) is 0 Å². The zero-order chi connectivity index (χ0) is 14.8. The van der Waals surface area contributed by atoms with Crippen LogP contribution >= 0.6 is 23.2 Å². The number of ether oxygens (including phenoxy) is 1. The molecule has 0 fully saturated rings. The molecule has 0 aliphatic rings. The highest BCUT2D eigenvalue weighted by molar-refractivity contribution is 6.35. The number of hydrogen-bond donors (Lipinski definition) is 0. The minimum Gasteiger partial charge on any atom is -0.488 e. The maximum absolute atomic E-state index is 6.16. The van der Waals surface area contributed by atoms with Gasteiger partial charge < -0.3 is 4.74 Å². The molecule has 2 aromatic carbocycles. The van der Waals surface area contributed by atoms with E-state index in [1.165, 1.54) is 5.56 Å². The lowest BCUT2D eigenvalue weighted by Crippen LogP contribution is -2.13. The van der Waals surface area contributed by atoms with E-state index in [0.717, 1.165) is 11.3 Å². The van der Waals surface area contributed by atoms with Gasteiger partial charge in [0, 0.05) is 15.6 Å². The molecule has 2 rings (SSSR count). The summed E-state index contributed by atoms with van der Waals surface area (Å²) in [5, 5.41) is 1.26. The highest BCUT2D eigenvalue weighted by atomic mass is 35.5. The van der Waals surface area contributed by atoms with Crippen LogP contribution in [0.1, 0.15) is 31.9 Å². The molecule has 1 nitrogen and oxygen atoms in total. The largest absolute Gasteiger partial charge is 0.488 e. The van der Waals surface area contributed by atoms with Crippen LogP contribution in [0.4, 0.5) is 0 Å². The highest BCUT2D eigenvalue weighted by Crippen LogP contribution is 2.32. The molecule has 106 valence electrons. The third-order valence-electron chi connectivity index (χ3n) is 3.13. The van der Waals surface area contributed by atoms with Crippen molar-refractivity contribution in [2.24, 2.45) is 0 Å². The van der Waals surface area contributed by atoms with E-state index in [1.54, 1.807) is 0 Å². The van der Waals surface area contributed by atoms with E-state index in [4.69, 9.17) is 27.9 Å². The fourth-order valence-corrected chi connectivity index (χ4v) is 2.54. The summed E-state index contributed by atoms with van der Waals surface area (Å²) in [5.74, 6) is 0.871. The number of hydrogen-bond acceptors (Lipinski definition) is 1. The Hall–Kier alpha value is -1.18. The standard InChI is InChI=1S/C17H18Cl2O/c1-17(2,3)13-7-4-5-10-16(13)20-11-12-14(18)8-6-9-15(12)19/h4-10H,11H2,1-3H3. The quantitative estimate of drug-likeness (QED) is 0.689. The van der Waals surface area contributed by atoms with Crippen LogP contribution in [0, 0.1) is 0 Å². The first-order chi connectivity index (χ1) is 9.39. The second kappa shape index (κ2) is 6.07. The van der Waals surface area contributed by atoms with E-state index in [0.29, 0.717) is 16.7 Å². The summed E-state index contributed by atoms with van der Waals surface area (Å²) in [5.41, 5.74) is 2.02. The Morgan fingerprint density at radius 3 is 2.10 bits per heavy atom. The van der Waals surface area contributed by atoms with Crippen LogP contribution in [0.2, 0.25) is 10.0 Å². The van der Waals surface area contributed by atoms with Crippen LogP contribution in [-0.4, -0.2) is 0 Å². The molecule has 0 bridgehead atoms. The van der Waals surface area contributed by atoms with Gasteiger partial charge >= 0.3 is 0 Å². The fraction of sp³-hybridized carbons (Fsp3) is 0.294. The van der Waals surface area contributed by atoms with Gasteiger partial charge in [0.1, 0.15) is 12.4 Å². The van der Waals surface area contributed by atoms with Gasteiger partial charge in [0.15, 0.2) is 0 Å². The van der Waals surface area contributed by atoms with Crippen molar-refractivity contribution in [3.63, 3.8) is 0 Å². The molecule has 0 atom stereocenters. The summed E-state index contributed by atoms with van der Waals surface area (Å²) < 4.78 is 5.94. The lowest BCUT2D eigenvalue weighted by atomic mass is 9.86. The maximum Gasteiger partial charge on any atom is 0.123 e. The van der Waals surface area contributed by atoms with Crippen LogP contribution in [0.25, 0.3) is 0 Å². The minimum absolute atomic E-state index is 0.0286. The zero-order valence-electron chi connectivity index (χ0n) is 11.9. The minimum atomic E-state index is 0.0286. The Balaban J connectivity index is 2.24. The van der Waals surface area contributed by atoms with Crippen molar-refractivity contribution in [3.05, 3.63) is 63.6 Å². The Kier molecular flexibility index (Phi) is 4.62. The smallest absolute Gasteiger partial charge is 0.123 e. The SMILES string of the molecule is CC(C)(C)c1ccccc1OCc1c(Cl)cccc1Cl. The van der Waals surface area contributed by atoms with Gasteiger partial charge in [0.25, 0.3) is 0 Å². The Bertz CT molecular complexity index is 580. The molecular weight excluding hydrogens is 291 g/mol. The fourth-order valence-electron chi connectivity index (χ4n) is 2.03. The lowest BCUT2D eigenvalue weighted by molar-refractivity contribution is 0.298. The molecule has 0 aromatic heterocycles. The maximum atomic E-state index is 6.16. The van der Waals surface area contributed by atoms with Gasteiger partial charge in [-0.05, 0) is 29.2 Å². The molecule has 0 saturated carbocycles. The number of benzene rings is 2. The van der Waals surface area contributed by atoms with Gasteiger partial charge in [-0.2, -0.15) is 0 Å². The second-order valence-electron chi connectivity index (χ2n) is 5.74. The highest BCUT2D eigenvalue weighted by Gasteiger charge is 2.18. The summed E-state index contributed by atoms with van der Waals surface area (Å²) in [6.07, 6.45) is 0. The van der Waals surface area contributed by atoms with E-state index in [2.05, 4.69) is 26.8 Å². The van der Waals surface area contributed by atoms with Gasteiger partial charge in [-0.15, -0.1) is 0 Å². The summed E-state index contributed by atoms with van der Waals surface area (Å²) in [7, 11) is 0. The molecule has 0 N–H and O–H groups in total.